The van der Waals surface area contributed by atoms with Crippen LogP contribution < -0.4 is 0 Å². The average Bonchev–Trinajstić information content (AvgIpc) is 3.73. The molecule has 0 radical (unpaired) electrons. The molecule has 1 aliphatic carbocycles. The molecule has 0 saturated carbocycles. The summed E-state index contributed by atoms with van der Waals surface area (Å²) in [6, 6.07) is 65.0. The minimum Gasteiger partial charge on any atom is -0.455 e. The lowest BCUT2D eigenvalue weighted by atomic mass is 9.91. The van der Waals surface area contributed by atoms with Gasteiger partial charge in [-0.3, -0.25) is 4.98 Å². The number of hydrogen-bond acceptors (Lipinski definition) is 3. The van der Waals surface area contributed by atoms with Gasteiger partial charge in [0, 0.05) is 38.6 Å². The van der Waals surface area contributed by atoms with E-state index in [4.69, 9.17) is 14.4 Å². The monoisotopic (exact) mass is 776 g/mol. The fraction of sp³-hybridized carbons (Fsp3) is 0.0345. The van der Waals surface area contributed by atoms with Crippen LogP contribution in [0.5, 0.6) is 0 Å². The Bertz CT molecular complexity index is 3610. The van der Waals surface area contributed by atoms with Gasteiger partial charge in [-0.1, -0.05) is 176 Å². The number of nitrogens with zero attached hydrogens (tertiary/aromatic N) is 2. The van der Waals surface area contributed by atoms with Crippen molar-refractivity contribution in [3.8, 4) is 67.6 Å². The van der Waals surface area contributed by atoms with Crippen molar-refractivity contribution in [3.05, 3.63) is 206 Å². The van der Waals surface area contributed by atoms with Crippen molar-refractivity contribution in [2.45, 2.75) is 12.3 Å². The van der Waals surface area contributed by atoms with Gasteiger partial charge in [0.25, 0.3) is 0 Å². The highest BCUT2D eigenvalue weighted by atomic mass is 16.3. The molecule has 1 aliphatic rings. The molecular formula is C58H36N2O. The first kappa shape index (κ1) is 34.9. The molecule has 0 saturated heterocycles. The predicted molar refractivity (Wildman–Crippen MR) is 253 cm³/mol. The summed E-state index contributed by atoms with van der Waals surface area (Å²) < 4.78 is 6.43. The summed E-state index contributed by atoms with van der Waals surface area (Å²) in [6.07, 6.45) is 6.98. The van der Waals surface area contributed by atoms with E-state index in [1.165, 1.54) is 27.8 Å². The normalized spacial score (nSPS) is 13.6. The molecule has 0 N–H and O–H groups in total. The predicted octanol–water partition coefficient (Wildman–Crippen LogP) is 15.2. The molecule has 2 aromatic heterocycles. The summed E-state index contributed by atoms with van der Waals surface area (Å²) in [4.78, 5) is 10.6. The van der Waals surface area contributed by atoms with Crippen molar-refractivity contribution in [1.82, 2.24) is 9.97 Å². The molecule has 0 aliphatic heterocycles. The Kier molecular flexibility index (Phi) is 8.21. The number of fused-ring (bicyclic) bond motifs is 9. The molecule has 0 fully saturated rings. The standard InChI is InChI=1S/C58H36N2O/c1-3-11-37(12-4-1)39-21-25-41(26-22-39)43-29-31-49-52(34-43)53-35-44(42-27-23-40(24-28-42)38-13-5-2-6-14-38)30-32-50(53)57-56(49)59-36-54(60-57)46-16-9-15-45(33-46)47-18-10-19-51-48-17-7-8-20-55(48)61-58(47)51/h1-5,7-12,15-36,38H,13H2. The molecule has 1 atom stereocenters. The van der Waals surface area contributed by atoms with E-state index < -0.39 is 0 Å². The fourth-order valence-corrected chi connectivity index (χ4v) is 9.12. The Morgan fingerprint density at radius 1 is 0.459 bits per heavy atom. The van der Waals surface area contributed by atoms with E-state index in [0.29, 0.717) is 0 Å². The number of aromatic nitrogens is 2. The second kappa shape index (κ2) is 14.3. The minimum atomic E-state index is 0.235. The van der Waals surface area contributed by atoms with Gasteiger partial charge in [0.05, 0.1) is 22.9 Å². The minimum absolute atomic E-state index is 0.235. The van der Waals surface area contributed by atoms with Crippen LogP contribution in [0.1, 0.15) is 17.9 Å². The summed E-state index contributed by atoms with van der Waals surface area (Å²) >= 11 is 0. The second-order valence-corrected chi connectivity index (χ2v) is 15.9. The van der Waals surface area contributed by atoms with Gasteiger partial charge in [0.2, 0.25) is 0 Å². The summed E-state index contributed by atoms with van der Waals surface area (Å²) in [7, 11) is 0. The van der Waals surface area contributed by atoms with Crippen LogP contribution in [0.25, 0.3) is 110 Å². The van der Waals surface area contributed by atoms with Crippen LogP contribution in [0.4, 0.5) is 0 Å². The number of benzene rings is 9. The van der Waals surface area contributed by atoms with Crippen LogP contribution in [-0.4, -0.2) is 9.97 Å². The zero-order chi connectivity index (χ0) is 40.3. The van der Waals surface area contributed by atoms with Crippen LogP contribution in [0.3, 0.4) is 0 Å². The molecule has 61 heavy (non-hydrogen) atoms. The van der Waals surface area contributed by atoms with Crippen LogP contribution in [0.2, 0.25) is 0 Å². The Morgan fingerprint density at radius 3 is 1.82 bits per heavy atom. The number of hydrogen-bond donors (Lipinski definition) is 0. The first-order valence-corrected chi connectivity index (χ1v) is 20.8. The summed E-state index contributed by atoms with van der Waals surface area (Å²) in [6.45, 7) is 0. The van der Waals surface area contributed by atoms with Gasteiger partial charge >= 0.3 is 0 Å². The van der Waals surface area contributed by atoms with Gasteiger partial charge in [0.15, 0.2) is 0 Å². The Balaban J connectivity index is 1.00. The van der Waals surface area contributed by atoms with Crippen LogP contribution in [0.15, 0.2) is 205 Å². The zero-order valence-electron chi connectivity index (χ0n) is 33.1. The second-order valence-electron chi connectivity index (χ2n) is 15.9. The third-order valence-electron chi connectivity index (χ3n) is 12.3. The van der Waals surface area contributed by atoms with Gasteiger partial charge in [-0.05, 0) is 92.0 Å². The Hall–Kier alpha value is -8.06. The molecule has 1 unspecified atom stereocenters. The lowest BCUT2D eigenvalue weighted by Gasteiger charge is -2.15. The molecule has 0 amide bonds. The average molecular weight is 777 g/mol. The van der Waals surface area contributed by atoms with E-state index in [9.17, 15) is 0 Å². The molecule has 3 heteroatoms. The van der Waals surface area contributed by atoms with Crippen molar-refractivity contribution >= 4 is 54.5 Å². The van der Waals surface area contributed by atoms with Crippen molar-refractivity contribution in [2.75, 3.05) is 0 Å². The maximum absolute atomic E-state index is 6.43. The largest absolute Gasteiger partial charge is 0.455 e. The summed E-state index contributed by atoms with van der Waals surface area (Å²) in [5.74, 6) is 6.75. The summed E-state index contributed by atoms with van der Waals surface area (Å²) in [5.41, 5.74) is 15.8. The van der Waals surface area contributed by atoms with E-state index in [2.05, 4.69) is 188 Å². The third-order valence-corrected chi connectivity index (χ3v) is 12.3. The maximum Gasteiger partial charge on any atom is 0.143 e. The zero-order valence-corrected chi connectivity index (χ0v) is 33.1. The van der Waals surface area contributed by atoms with Gasteiger partial charge in [-0.2, -0.15) is 0 Å². The number of rotatable bonds is 6. The van der Waals surface area contributed by atoms with E-state index in [0.717, 1.165) is 94.4 Å². The molecule has 11 aromatic rings. The molecule has 2 heterocycles. The van der Waals surface area contributed by atoms with Gasteiger partial charge < -0.3 is 4.42 Å². The lowest BCUT2D eigenvalue weighted by molar-refractivity contribution is 0.670. The molecule has 284 valence electrons. The Labute approximate surface area is 353 Å². The van der Waals surface area contributed by atoms with Crippen LogP contribution >= 0.6 is 0 Å². The maximum atomic E-state index is 6.43. The van der Waals surface area contributed by atoms with Crippen molar-refractivity contribution in [1.29, 1.82) is 0 Å². The number of furan rings is 1. The highest BCUT2D eigenvalue weighted by Crippen LogP contribution is 2.41. The SMILES string of the molecule is C1#CC(c2ccc(-c3ccc4c(c3)c3cc(-c5ccc(-c6ccccc6)cc5)ccc3c3ncc(-c5cccc(-c6cccc7c6oc6ccccc67)c5)nc43)cc2)CC=C1. The van der Waals surface area contributed by atoms with Crippen molar-refractivity contribution in [2.24, 2.45) is 0 Å². The van der Waals surface area contributed by atoms with Crippen molar-refractivity contribution in [3.63, 3.8) is 0 Å². The van der Waals surface area contributed by atoms with Gasteiger partial charge in [-0.15, -0.1) is 0 Å². The summed E-state index contributed by atoms with van der Waals surface area (Å²) in [5, 5.41) is 6.68. The van der Waals surface area contributed by atoms with E-state index in [1.54, 1.807) is 0 Å². The first-order valence-electron chi connectivity index (χ1n) is 20.8. The van der Waals surface area contributed by atoms with Crippen LogP contribution in [-0.2, 0) is 0 Å². The quantitative estimate of drug-likeness (QED) is 0.125. The third kappa shape index (κ3) is 6.08. The number of allylic oxidation sites excluding steroid dienone is 2. The topological polar surface area (TPSA) is 38.9 Å². The van der Waals surface area contributed by atoms with Crippen molar-refractivity contribution < 1.29 is 4.42 Å². The molecular weight excluding hydrogens is 741 g/mol. The van der Waals surface area contributed by atoms with E-state index in [-0.39, 0.29) is 5.92 Å². The molecule has 9 aromatic carbocycles. The van der Waals surface area contributed by atoms with E-state index >= 15 is 0 Å². The molecule has 0 spiro atoms. The molecule has 0 bridgehead atoms. The fourth-order valence-electron chi connectivity index (χ4n) is 9.12. The smallest absolute Gasteiger partial charge is 0.143 e. The number of para-hydroxylation sites is 2. The van der Waals surface area contributed by atoms with E-state index in [1.807, 2.05) is 24.4 Å². The lowest BCUT2D eigenvalue weighted by Crippen LogP contribution is -1.96. The van der Waals surface area contributed by atoms with Gasteiger partial charge in [-0.25, -0.2) is 4.98 Å². The van der Waals surface area contributed by atoms with Gasteiger partial charge in [0.1, 0.15) is 11.2 Å². The first-order chi connectivity index (χ1) is 30.2. The Morgan fingerprint density at radius 2 is 1.07 bits per heavy atom. The highest BCUT2D eigenvalue weighted by molar-refractivity contribution is 6.24. The molecule has 12 rings (SSSR count). The highest BCUT2D eigenvalue weighted by Gasteiger charge is 2.17. The van der Waals surface area contributed by atoms with Crippen LogP contribution in [0, 0.1) is 11.8 Å². The molecule has 3 nitrogen and oxygen atoms in total.